The van der Waals surface area contributed by atoms with Gasteiger partial charge in [0.15, 0.2) is 0 Å². The van der Waals surface area contributed by atoms with Crippen molar-refractivity contribution in [2.75, 3.05) is 7.05 Å². The standard InChI is InChI=1S/C10H12N2O/c1-8-6-4-5-7-9(8)10(11-2)13-12-3/h4-7H,3H2,1-2H3. The van der Waals surface area contributed by atoms with Crippen LogP contribution in [0.25, 0.3) is 0 Å². The first-order chi connectivity index (χ1) is 6.29. The van der Waals surface area contributed by atoms with E-state index >= 15 is 0 Å². The van der Waals surface area contributed by atoms with Crippen molar-refractivity contribution >= 4 is 12.6 Å². The van der Waals surface area contributed by atoms with Crippen molar-refractivity contribution in [2.24, 2.45) is 10.1 Å². The van der Waals surface area contributed by atoms with Gasteiger partial charge in [0, 0.05) is 19.3 Å². The van der Waals surface area contributed by atoms with Crippen LogP contribution in [0.1, 0.15) is 11.1 Å². The van der Waals surface area contributed by atoms with Crippen molar-refractivity contribution in [3.63, 3.8) is 0 Å². The molecule has 0 atom stereocenters. The Morgan fingerprint density at radius 2 is 2.08 bits per heavy atom. The summed E-state index contributed by atoms with van der Waals surface area (Å²) < 4.78 is 0. The van der Waals surface area contributed by atoms with Crippen LogP contribution in [0.5, 0.6) is 0 Å². The quantitative estimate of drug-likeness (QED) is 0.385. The van der Waals surface area contributed by atoms with Crippen molar-refractivity contribution in [3.05, 3.63) is 35.4 Å². The molecule has 0 radical (unpaired) electrons. The minimum Gasteiger partial charge on any atom is -0.337 e. The summed E-state index contributed by atoms with van der Waals surface area (Å²) in [6.45, 7) is 5.24. The van der Waals surface area contributed by atoms with Crippen molar-refractivity contribution in [2.45, 2.75) is 6.92 Å². The Balaban J connectivity index is 3.05. The predicted molar refractivity (Wildman–Crippen MR) is 54.3 cm³/mol. The van der Waals surface area contributed by atoms with Gasteiger partial charge in [-0.3, -0.25) is 4.99 Å². The molecule has 0 spiro atoms. The minimum absolute atomic E-state index is 0.494. The van der Waals surface area contributed by atoms with Crippen LogP contribution in [0.15, 0.2) is 34.4 Å². The normalized spacial score (nSPS) is 11.1. The largest absolute Gasteiger partial charge is 0.337 e. The van der Waals surface area contributed by atoms with E-state index in [1.165, 1.54) is 0 Å². The molecular weight excluding hydrogens is 164 g/mol. The molecule has 3 heteroatoms. The van der Waals surface area contributed by atoms with Crippen LogP contribution in [0.3, 0.4) is 0 Å². The van der Waals surface area contributed by atoms with Crippen LogP contribution in [-0.4, -0.2) is 19.7 Å². The molecule has 1 aromatic rings. The molecular formula is C10H12N2O. The number of hydrogen-bond donors (Lipinski definition) is 0. The summed E-state index contributed by atoms with van der Waals surface area (Å²) in [5.41, 5.74) is 2.05. The lowest BCUT2D eigenvalue weighted by Gasteiger charge is -2.04. The first-order valence-corrected chi connectivity index (χ1v) is 3.95. The van der Waals surface area contributed by atoms with Gasteiger partial charge < -0.3 is 4.84 Å². The summed E-state index contributed by atoms with van der Waals surface area (Å²) >= 11 is 0. The molecule has 0 bridgehead atoms. The van der Waals surface area contributed by atoms with Crippen LogP contribution in [0, 0.1) is 6.92 Å². The first-order valence-electron chi connectivity index (χ1n) is 3.95. The van der Waals surface area contributed by atoms with E-state index in [4.69, 9.17) is 4.84 Å². The van der Waals surface area contributed by atoms with Gasteiger partial charge in [-0.2, -0.15) is 0 Å². The van der Waals surface area contributed by atoms with Crippen LogP contribution >= 0.6 is 0 Å². The van der Waals surface area contributed by atoms with E-state index in [1.807, 2.05) is 31.2 Å². The van der Waals surface area contributed by atoms with Gasteiger partial charge in [-0.05, 0) is 18.6 Å². The van der Waals surface area contributed by atoms with E-state index in [0.29, 0.717) is 5.90 Å². The van der Waals surface area contributed by atoms with Gasteiger partial charge in [0.2, 0.25) is 0 Å². The fraction of sp³-hybridized carbons (Fsp3) is 0.200. The van der Waals surface area contributed by atoms with Crippen LogP contribution < -0.4 is 0 Å². The third-order valence-electron chi connectivity index (χ3n) is 1.73. The summed E-state index contributed by atoms with van der Waals surface area (Å²) in [4.78, 5) is 8.89. The van der Waals surface area contributed by atoms with Gasteiger partial charge in [-0.1, -0.05) is 23.4 Å². The Morgan fingerprint density at radius 3 is 2.62 bits per heavy atom. The molecule has 0 aliphatic carbocycles. The Kier molecular flexibility index (Phi) is 3.20. The molecule has 1 rings (SSSR count). The van der Waals surface area contributed by atoms with Gasteiger partial charge in [0.1, 0.15) is 0 Å². The zero-order valence-electron chi connectivity index (χ0n) is 7.82. The maximum Gasteiger partial charge on any atom is 0.251 e. The highest BCUT2D eigenvalue weighted by Gasteiger charge is 2.05. The van der Waals surface area contributed by atoms with Crippen molar-refractivity contribution in [1.29, 1.82) is 0 Å². The van der Waals surface area contributed by atoms with Crippen LogP contribution in [0.4, 0.5) is 0 Å². The summed E-state index contributed by atoms with van der Waals surface area (Å²) in [5, 5.41) is 3.34. The molecule has 13 heavy (non-hydrogen) atoms. The van der Waals surface area contributed by atoms with E-state index in [1.54, 1.807) is 7.05 Å². The second-order valence-electron chi connectivity index (χ2n) is 2.56. The SMILES string of the molecule is C=NOC(=NC)c1ccccc1C. The Bertz CT molecular complexity index is 331. The van der Waals surface area contributed by atoms with Crippen LogP contribution in [0.2, 0.25) is 0 Å². The molecule has 0 aromatic heterocycles. The van der Waals surface area contributed by atoms with Gasteiger partial charge in [-0.15, -0.1) is 0 Å². The topological polar surface area (TPSA) is 34.0 Å². The number of benzene rings is 1. The molecule has 0 aliphatic rings. The predicted octanol–water partition coefficient (Wildman–Crippen LogP) is 2.00. The summed E-state index contributed by atoms with van der Waals surface area (Å²) in [7, 11) is 1.66. The van der Waals surface area contributed by atoms with Crippen LogP contribution in [-0.2, 0) is 4.84 Å². The number of rotatable bonds is 2. The monoisotopic (exact) mass is 176 g/mol. The Morgan fingerprint density at radius 1 is 1.38 bits per heavy atom. The number of nitrogens with zero attached hydrogens (tertiary/aromatic N) is 2. The molecule has 1 aromatic carbocycles. The maximum absolute atomic E-state index is 4.92. The van der Waals surface area contributed by atoms with Gasteiger partial charge in [-0.25, -0.2) is 0 Å². The van der Waals surface area contributed by atoms with E-state index in [2.05, 4.69) is 16.9 Å². The summed E-state index contributed by atoms with van der Waals surface area (Å²) in [6.07, 6.45) is 0. The number of hydrogen-bond acceptors (Lipinski definition) is 3. The second-order valence-corrected chi connectivity index (χ2v) is 2.56. The van der Waals surface area contributed by atoms with Crippen molar-refractivity contribution in [3.8, 4) is 0 Å². The third kappa shape index (κ3) is 2.15. The Hall–Kier alpha value is -1.64. The highest BCUT2D eigenvalue weighted by atomic mass is 16.6. The minimum atomic E-state index is 0.494. The smallest absolute Gasteiger partial charge is 0.251 e. The van der Waals surface area contributed by atoms with E-state index in [-0.39, 0.29) is 0 Å². The molecule has 0 heterocycles. The fourth-order valence-electron chi connectivity index (χ4n) is 1.08. The van der Waals surface area contributed by atoms with Gasteiger partial charge in [0.05, 0.1) is 0 Å². The van der Waals surface area contributed by atoms with Crippen molar-refractivity contribution in [1.82, 2.24) is 0 Å². The lowest BCUT2D eigenvalue weighted by atomic mass is 10.1. The number of oxime groups is 1. The Labute approximate surface area is 77.7 Å². The third-order valence-corrected chi connectivity index (χ3v) is 1.73. The van der Waals surface area contributed by atoms with Gasteiger partial charge in [0.25, 0.3) is 5.90 Å². The highest BCUT2D eigenvalue weighted by molar-refractivity contribution is 5.95. The molecule has 0 saturated heterocycles. The highest BCUT2D eigenvalue weighted by Crippen LogP contribution is 2.09. The van der Waals surface area contributed by atoms with Crippen molar-refractivity contribution < 1.29 is 4.84 Å². The molecule has 0 unspecified atom stereocenters. The summed E-state index contributed by atoms with van der Waals surface area (Å²) in [6, 6.07) is 7.82. The van der Waals surface area contributed by atoms with E-state index < -0.39 is 0 Å². The fourth-order valence-corrected chi connectivity index (χ4v) is 1.08. The molecule has 0 saturated carbocycles. The van der Waals surface area contributed by atoms with E-state index in [0.717, 1.165) is 11.1 Å². The maximum atomic E-state index is 4.92. The second kappa shape index (κ2) is 4.40. The average Bonchev–Trinajstić information content (AvgIpc) is 2.16. The number of aryl methyl sites for hydroxylation is 1. The average molecular weight is 176 g/mol. The van der Waals surface area contributed by atoms with Gasteiger partial charge >= 0.3 is 0 Å². The zero-order valence-corrected chi connectivity index (χ0v) is 7.82. The molecule has 68 valence electrons. The molecule has 0 amide bonds. The zero-order chi connectivity index (χ0) is 9.68. The molecule has 0 fully saturated rings. The number of aliphatic imine (C=N–C) groups is 1. The van der Waals surface area contributed by atoms with E-state index in [9.17, 15) is 0 Å². The molecule has 3 nitrogen and oxygen atoms in total. The first kappa shape index (κ1) is 9.45. The summed E-state index contributed by atoms with van der Waals surface area (Å²) in [5.74, 6) is 0.494. The lowest BCUT2D eigenvalue weighted by Crippen LogP contribution is -2.04. The lowest BCUT2D eigenvalue weighted by molar-refractivity contribution is 0.333. The molecule has 0 aliphatic heterocycles. The molecule has 0 N–H and O–H groups in total.